The zero-order valence-corrected chi connectivity index (χ0v) is 10.8. The fourth-order valence-corrected chi connectivity index (χ4v) is 1.72. The zero-order chi connectivity index (χ0) is 14.7. The summed E-state index contributed by atoms with van der Waals surface area (Å²) in [6.07, 6.45) is -0.295. The van der Waals surface area contributed by atoms with E-state index in [1.54, 1.807) is 6.07 Å². The molecular weight excluding hydrogens is 268 g/mol. The summed E-state index contributed by atoms with van der Waals surface area (Å²) >= 11 is 0. The second-order valence-corrected chi connectivity index (χ2v) is 3.79. The number of hydrogen-bond acceptors (Lipinski definition) is 7. The van der Waals surface area contributed by atoms with Crippen LogP contribution in [-0.2, 0) is 19.0 Å². The summed E-state index contributed by atoms with van der Waals surface area (Å²) in [5.41, 5.74) is 0.333. The quantitative estimate of drug-likeness (QED) is 0.497. The average molecular weight is 280 g/mol. The van der Waals surface area contributed by atoms with Gasteiger partial charge in [-0.05, 0) is 6.07 Å². The van der Waals surface area contributed by atoms with Crippen molar-refractivity contribution in [2.75, 3.05) is 14.2 Å². The number of methoxy groups -OCH3 is 2. The molecule has 0 amide bonds. The monoisotopic (exact) mass is 280 g/mol. The Bertz CT molecular complexity index is 576. The fraction of sp³-hybridized carbons (Fsp3) is 0.231. The SMILES string of the molecule is CO/C=C(/Oc1cccc2c1C(=O)OC2O)C(=O)OC. The molecule has 0 aromatic heterocycles. The number of carbonyl (C=O) groups excluding carboxylic acids is 2. The van der Waals surface area contributed by atoms with Crippen LogP contribution in [0.25, 0.3) is 0 Å². The first kappa shape index (κ1) is 13.9. The van der Waals surface area contributed by atoms with Crippen LogP contribution < -0.4 is 4.74 Å². The number of esters is 2. The van der Waals surface area contributed by atoms with Gasteiger partial charge in [-0.2, -0.15) is 0 Å². The predicted octanol–water partition coefficient (Wildman–Crippen LogP) is 0.887. The Morgan fingerprint density at radius 3 is 2.80 bits per heavy atom. The summed E-state index contributed by atoms with van der Waals surface area (Å²) in [6, 6.07) is 4.54. The number of hydrogen-bond donors (Lipinski definition) is 1. The minimum absolute atomic E-state index is 0.0610. The molecule has 1 atom stereocenters. The number of aliphatic hydroxyl groups is 1. The van der Waals surface area contributed by atoms with Crippen LogP contribution >= 0.6 is 0 Å². The smallest absolute Gasteiger partial charge is 0.377 e. The van der Waals surface area contributed by atoms with E-state index >= 15 is 0 Å². The standard InChI is InChI=1S/C13H12O7/c1-17-6-9(12(15)18-2)19-8-5-3-4-7-10(8)13(16)20-11(7)14/h3-6,11,14H,1-2H3/b9-6+. The molecule has 1 aromatic rings. The van der Waals surface area contributed by atoms with Crippen molar-refractivity contribution >= 4 is 11.9 Å². The number of cyclic esters (lactones) is 1. The molecule has 1 heterocycles. The number of aliphatic hydroxyl groups excluding tert-OH is 1. The molecule has 1 aliphatic heterocycles. The minimum Gasteiger partial charge on any atom is -0.500 e. The lowest BCUT2D eigenvalue weighted by molar-refractivity contribution is -0.138. The van der Waals surface area contributed by atoms with Crippen LogP contribution in [0.3, 0.4) is 0 Å². The Balaban J connectivity index is 2.38. The van der Waals surface area contributed by atoms with Crippen molar-refractivity contribution in [3.05, 3.63) is 41.3 Å². The highest BCUT2D eigenvalue weighted by molar-refractivity contribution is 5.97. The molecule has 2 rings (SSSR count). The van der Waals surface area contributed by atoms with Crippen molar-refractivity contribution in [3.63, 3.8) is 0 Å². The minimum atomic E-state index is -1.34. The van der Waals surface area contributed by atoms with Crippen LogP contribution in [0.1, 0.15) is 22.2 Å². The van der Waals surface area contributed by atoms with Crippen LogP contribution in [0.15, 0.2) is 30.2 Å². The van der Waals surface area contributed by atoms with Crippen molar-refractivity contribution < 1.29 is 33.6 Å². The van der Waals surface area contributed by atoms with Crippen molar-refractivity contribution in [1.82, 2.24) is 0 Å². The molecule has 0 spiro atoms. The Morgan fingerprint density at radius 1 is 1.40 bits per heavy atom. The van der Waals surface area contributed by atoms with E-state index in [0.717, 1.165) is 6.26 Å². The van der Waals surface area contributed by atoms with E-state index in [-0.39, 0.29) is 22.6 Å². The molecule has 20 heavy (non-hydrogen) atoms. The molecule has 0 radical (unpaired) electrons. The summed E-state index contributed by atoms with van der Waals surface area (Å²) in [5.74, 6) is -1.67. The van der Waals surface area contributed by atoms with Gasteiger partial charge in [0.2, 0.25) is 12.0 Å². The van der Waals surface area contributed by atoms with Gasteiger partial charge in [0.05, 0.1) is 14.2 Å². The highest BCUT2D eigenvalue weighted by Gasteiger charge is 2.33. The van der Waals surface area contributed by atoms with E-state index in [2.05, 4.69) is 9.47 Å². The van der Waals surface area contributed by atoms with E-state index in [1.807, 2.05) is 0 Å². The van der Waals surface area contributed by atoms with Gasteiger partial charge in [-0.3, -0.25) is 0 Å². The van der Waals surface area contributed by atoms with Gasteiger partial charge in [0.15, 0.2) is 0 Å². The van der Waals surface area contributed by atoms with E-state index in [0.29, 0.717) is 0 Å². The molecule has 1 aliphatic rings. The van der Waals surface area contributed by atoms with Crippen LogP contribution in [0.4, 0.5) is 0 Å². The molecule has 0 bridgehead atoms. The van der Waals surface area contributed by atoms with Crippen molar-refractivity contribution in [3.8, 4) is 5.75 Å². The van der Waals surface area contributed by atoms with Gasteiger partial charge in [-0.15, -0.1) is 0 Å². The van der Waals surface area contributed by atoms with E-state index in [4.69, 9.17) is 9.47 Å². The molecule has 1 unspecified atom stereocenters. The van der Waals surface area contributed by atoms with Crippen LogP contribution in [0.5, 0.6) is 5.75 Å². The summed E-state index contributed by atoms with van der Waals surface area (Å²) in [4.78, 5) is 23.1. The first-order valence-electron chi connectivity index (χ1n) is 5.59. The van der Waals surface area contributed by atoms with Gasteiger partial charge in [0, 0.05) is 5.56 Å². The molecule has 106 valence electrons. The number of rotatable bonds is 4. The molecule has 0 aliphatic carbocycles. The zero-order valence-electron chi connectivity index (χ0n) is 10.8. The third kappa shape index (κ3) is 2.43. The van der Waals surface area contributed by atoms with Gasteiger partial charge in [0.1, 0.15) is 17.6 Å². The number of benzene rings is 1. The van der Waals surface area contributed by atoms with Crippen LogP contribution in [0.2, 0.25) is 0 Å². The van der Waals surface area contributed by atoms with E-state index in [9.17, 15) is 14.7 Å². The van der Waals surface area contributed by atoms with Gasteiger partial charge in [-0.1, -0.05) is 12.1 Å². The average Bonchev–Trinajstić information content (AvgIpc) is 2.73. The van der Waals surface area contributed by atoms with E-state index < -0.39 is 18.2 Å². The molecule has 1 aromatic carbocycles. The molecule has 1 N–H and O–H groups in total. The summed E-state index contributed by atoms with van der Waals surface area (Å²) in [5, 5.41) is 9.54. The second-order valence-electron chi connectivity index (χ2n) is 3.79. The van der Waals surface area contributed by atoms with Crippen molar-refractivity contribution in [1.29, 1.82) is 0 Å². The topological polar surface area (TPSA) is 91.3 Å². The summed E-state index contributed by atoms with van der Waals surface area (Å²) in [6.45, 7) is 0. The van der Waals surface area contributed by atoms with Gasteiger partial charge >= 0.3 is 11.9 Å². The predicted molar refractivity (Wildman–Crippen MR) is 64.6 cm³/mol. The Labute approximate surface area is 114 Å². The maximum absolute atomic E-state index is 11.6. The maximum Gasteiger partial charge on any atom is 0.377 e. The van der Waals surface area contributed by atoms with Gasteiger partial charge in [0.25, 0.3) is 0 Å². The van der Waals surface area contributed by atoms with Crippen LogP contribution in [-0.4, -0.2) is 31.3 Å². The Morgan fingerprint density at radius 2 is 2.15 bits per heavy atom. The normalized spacial score (nSPS) is 17.2. The molecule has 0 fully saturated rings. The Hall–Kier alpha value is -2.54. The third-order valence-electron chi connectivity index (χ3n) is 2.58. The summed E-state index contributed by atoms with van der Waals surface area (Å²) < 4.78 is 19.2. The molecule has 7 nitrogen and oxygen atoms in total. The highest BCUT2D eigenvalue weighted by atomic mass is 16.6. The summed E-state index contributed by atoms with van der Waals surface area (Å²) in [7, 11) is 2.52. The lowest BCUT2D eigenvalue weighted by Crippen LogP contribution is -2.12. The lowest BCUT2D eigenvalue weighted by atomic mass is 10.1. The second kappa shape index (κ2) is 5.62. The molecular formula is C13H12O7. The first-order chi connectivity index (χ1) is 9.58. The third-order valence-corrected chi connectivity index (χ3v) is 2.58. The maximum atomic E-state index is 11.6. The van der Waals surface area contributed by atoms with Crippen molar-refractivity contribution in [2.45, 2.75) is 6.29 Å². The highest BCUT2D eigenvalue weighted by Crippen LogP contribution is 2.35. The number of carbonyl (C=O) groups is 2. The largest absolute Gasteiger partial charge is 0.500 e. The number of fused-ring (bicyclic) bond motifs is 1. The molecule has 0 saturated carbocycles. The van der Waals surface area contributed by atoms with Gasteiger partial charge in [-0.25, -0.2) is 9.59 Å². The van der Waals surface area contributed by atoms with E-state index in [1.165, 1.54) is 26.4 Å². The molecule has 0 saturated heterocycles. The Kier molecular flexibility index (Phi) is 3.90. The van der Waals surface area contributed by atoms with Gasteiger partial charge < -0.3 is 24.1 Å². The number of ether oxygens (including phenoxy) is 4. The lowest BCUT2D eigenvalue weighted by Gasteiger charge is -2.09. The van der Waals surface area contributed by atoms with Crippen LogP contribution in [0, 0.1) is 0 Å². The molecule has 7 heteroatoms. The van der Waals surface area contributed by atoms with Crippen molar-refractivity contribution in [2.24, 2.45) is 0 Å². The fourth-order valence-electron chi connectivity index (χ4n) is 1.72. The first-order valence-corrected chi connectivity index (χ1v) is 5.59.